The molecular weight excluding hydrogens is 308 g/mol. The third-order valence-corrected chi connectivity index (χ3v) is 3.27. The van der Waals surface area contributed by atoms with Crippen molar-refractivity contribution in [1.82, 2.24) is 4.98 Å². The molecule has 0 amide bonds. The second kappa shape index (κ2) is 3.77. The number of nitrogens with one attached hydrogen (secondary N) is 1. The largest absolute Gasteiger partial charge is 0.411 e. The first kappa shape index (κ1) is 12.0. The van der Waals surface area contributed by atoms with Crippen LogP contribution in [0.3, 0.4) is 0 Å². The first-order valence-electron chi connectivity index (χ1n) is 4.50. The van der Waals surface area contributed by atoms with Gasteiger partial charge in [-0.05, 0) is 34.8 Å². The quantitative estimate of drug-likeness (QED) is 0.892. The molecular formula is C9H7BrClF3N2. The lowest BCUT2D eigenvalue weighted by Gasteiger charge is -2.21. The number of aromatic nitrogens is 1. The smallest absolute Gasteiger partial charge is 0.355 e. The molecule has 88 valence electrons. The lowest BCUT2D eigenvalue weighted by molar-refractivity contribution is -0.151. The van der Waals surface area contributed by atoms with Crippen LogP contribution in [0.15, 0.2) is 16.7 Å². The minimum atomic E-state index is -4.26. The van der Waals surface area contributed by atoms with Gasteiger partial charge in [-0.3, -0.25) is 0 Å². The van der Waals surface area contributed by atoms with Crippen LogP contribution in [0.25, 0.3) is 0 Å². The summed E-state index contributed by atoms with van der Waals surface area (Å²) in [6.45, 7) is 0. The molecule has 0 aromatic carbocycles. The van der Waals surface area contributed by atoms with E-state index >= 15 is 0 Å². The molecule has 1 aromatic rings. The van der Waals surface area contributed by atoms with E-state index in [0.717, 1.165) is 0 Å². The highest BCUT2D eigenvalue weighted by Crippen LogP contribution is 2.51. The summed E-state index contributed by atoms with van der Waals surface area (Å²) in [6.07, 6.45) is -2.80. The third kappa shape index (κ3) is 2.13. The maximum atomic E-state index is 12.7. The molecule has 1 aliphatic rings. The van der Waals surface area contributed by atoms with Crippen molar-refractivity contribution in [3.05, 3.63) is 21.8 Å². The molecule has 0 saturated heterocycles. The zero-order valence-corrected chi connectivity index (χ0v) is 10.2. The van der Waals surface area contributed by atoms with Gasteiger partial charge in [0.2, 0.25) is 0 Å². The van der Waals surface area contributed by atoms with Crippen LogP contribution in [0.4, 0.5) is 19.0 Å². The van der Waals surface area contributed by atoms with Gasteiger partial charge in [0.1, 0.15) is 11.4 Å². The van der Waals surface area contributed by atoms with Crippen LogP contribution in [0.5, 0.6) is 0 Å². The van der Waals surface area contributed by atoms with Gasteiger partial charge in [0.25, 0.3) is 0 Å². The van der Waals surface area contributed by atoms with Gasteiger partial charge in [0.15, 0.2) is 0 Å². The Balaban J connectivity index is 2.22. The van der Waals surface area contributed by atoms with Crippen LogP contribution in [0.1, 0.15) is 12.8 Å². The Morgan fingerprint density at radius 1 is 1.44 bits per heavy atom. The highest BCUT2D eigenvalue weighted by atomic mass is 79.9. The second-order valence-corrected chi connectivity index (χ2v) is 4.98. The summed E-state index contributed by atoms with van der Waals surface area (Å²) in [6, 6.07) is 1.50. The maximum Gasteiger partial charge on any atom is 0.411 e. The lowest BCUT2D eigenvalue weighted by atomic mass is 10.2. The predicted molar refractivity (Wildman–Crippen MR) is 58.6 cm³/mol. The molecule has 2 nitrogen and oxygen atoms in total. The molecule has 7 heteroatoms. The molecule has 0 aliphatic heterocycles. The van der Waals surface area contributed by atoms with Crippen molar-refractivity contribution in [3.8, 4) is 0 Å². The van der Waals surface area contributed by atoms with E-state index in [4.69, 9.17) is 11.6 Å². The molecule has 0 bridgehead atoms. The fraction of sp³-hybridized carbons (Fsp3) is 0.444. The molecule has 2 rings (SSSR count). The lowest BCUT2D eigenvalue weighted by Crippen LogP contribution is -2.39. The van der Waals surface area contributed by atoms with Crippen LogP contribution in [-0.2, 0) is 0 Å². The predicted octanol–water partition coefficient (Wildman–Crippen LogP) is 4.00. The van der Waals surface area contributed by atoms with E-state index in [1.54, 1.807) is 0 Å². The number of hydrogen-bond donors (Lipinski definition) is 1. The maximum absolute atomic E-state index is 12.7. The van der Waals surface area contributed by atoms with E-state index in [1.165, 1.54) is 12.3 Å². The fourth-order valence-electron chi connectivity index (χ4n) is 1.34. The van der Waals surface area contributed by atoms with Crippen LogP contribution in [0.2, 0.25) is 5.02 Å². The van der Waals surface area contributed by atoms with Gasteiger partial charge in [0.05, 0.1) is 9.50 Å². The van der Waals surface area contributed by atoms with Crippen molar-refractivity contribution in [2.75, 3.05) is 5.32 Å². The van der Waals surface area contributed by atoms with Gasteiger partial charge in [-0.25, -0.2) is 4.98 Å². The SMILES string of the molecule is FC(F)(F)C1(Nc2ncc(Cl)cc2Br)CC1. The van der Waals surface area contributed by atoms with Gasteiger partial charge in [-0.15, -0.1) is 0 Å². The topological polar surface area (TPSA) is 24.9 Å². The minimum Gasteiger partial charge on any atom is -0.355 e. The van der Waals surface area contributed by atoms with Crippen molar-refractivity contribution in [2.45, 2.75) is 24.6 Å². The second-order valence-electron chi connectivity index (χ2n) is 3.69. The van der Waals surface area contributed by atoms with Crippen LogP contribution in [0, 0.1) is 0 Å². The van der Waals surface area contributed by atoms with Crippen molar-refractivity contribution in [2.24, 2.45) is 0 Å². The molecule has 0 spiro atoms. The average Bonchev–Trinajstić information content (AvgIpc) is 2.90. The van der Waals surface area contributed by atoms with Crippen LogP contribution in [-0.4, -0.2) is 16.7 Å². The fourth-order valence-corrected chi connectivity index (χ4v) is 2.08. The highest BCUT2D eigenvalue weighted by molar-refractivity contribution is 9.10. The Morgan fingerprint density at radius 2 is 2.06 bits per heavy atom. The Hall–Kier alpha value is -0.490. The molecule has 0 atom stereocenters. The summed E-state index contributed by atoms with van der Waals surface area (Å²) in [5.74, 6) is 0.166. The number of halogens is 5. The van der Waals surface area contributed by atoms with Gasteiger partial charge >= 0.3 is 6.18 Å². The Labute approximate surface area is 103 Å². The number of hydrogen-bond acceptors (Lipinski definition) is 2. The molecule has 0 unspecified atom stereocenters. The monoisotopic (exact) mass is 314 g/mol. The van der Waals surface area contributed by atoms with E-state index in [1.807, 2.05) is 0 Å². The van der Waals surface area contributed by atoms with E-state index in [0.29, 0.717) is 9.50 Å². The summed E-state index contributed by atoms with van der Waals surface area (Å²) in [5.41, 5.74) is -1.81. The number of nitrogens with zero attached hydrogens (tertiary/aromatic N) is 1. The van der Waals surface area contributed by atoms with Gasteiger partial charge in [-0.1, -0.05) is 11.6 Å². The Bertz CT molecular complexity index is 418. The third-order valence-electron chi connectivity index (χ3n) is 2.46. The molecule has 1 saturated carbocycles. The van der Waals surface area contributed by atoms with Crippen molar-refractivity contribution < 1.29 is 13.2 Å². The van der Waals surface area contributed by atoms with Crippen molar-refractivity contribution >= 4 is 33.3 Å². The molecule has 16 heavy (non-hydrogen) atoms. The Morgan fingerprint density at radius 3 is 2.50 bits per heavy atom. The van der Waals surface area contributed by atoms with Crippen molar-refractivity contribution in [1.29, 1.82) is 0 Å². The first-order chi connectivity index (χ1) is 7.34. The van der Waals surface area contributed by atoms with E-state index in [-0.39, 0.29) is 18.7 Å². The minimum absolute atomic E-state index is 0.0766. The zero-order valence-electron chi connectivity index (χ0n) is 7.91. The van der Waals surface area contributed by atoms with Crippen LogP contribution >= 0.6 is 27.5 Å². The summed E-state index contributed by atoms with van der Waals surface area (Å²) in [4.78, 5) is 3.83. The first-order valence-corrected chi connectivity index (χ1v) is 5.67. The Kier molecular flexibility index (Phi) is 2.82. The molecule has 1 heterocycles. The summed E-state index contributed by atoms with van der Waals surface area (Å²) < 4.78 is 38.4. The van der Waals surface area contributed by atoms with Gasteiger partial charge < -0.3 is 5.32 Å². The highest BCUT2D eigenvalue weighted by Gasteiger charge is 2.63. The van der Waals surface area contributed by atoms with Crippen LogP contribution < -0.4 is 5.32 Å². The van der Waals surface area contributed by atoms with Crippen molar-refractivity contribution in [3.63, 3.8) is 0 Å². The molecule has 1 N–H and O–H groups in total. The van der Waals surface area contributed by atoms with E-state index < -0.39 is 11.7 Å². The van der Waals surface area contributed by atoms with Gasteiger partial charge in [0, 0.05) is 6.20 Å². The standard InChI is InChI=1S/C9H7BrClF3N2/c10-6-3-5(11)4-15-7(6)16-8(1-2-8)9(12,13)14/h3-4H,1-2H2,(H,15,16). The normalized spacial score (nSPS) is 18.3. The average molecular weight is 316 g/mol. The number of anilines is 1. The zero-order chi connectivity index (χ0) is 12.0. The van der Waals surface area contributed by atoms with E-state index in [2.05, 4.69) is 26.2 Å². The van der Waals surface area contributed by atoms with E-state index in [9.17, 15) is 13.2 Å². The summed E-state index contributed by atoms with van der Waals surface area (Å²) >= 11 is 8.77. The van der Waals surface area contributed by atoms with Gasteiger partial charge in [-0.2, -0.15) is 13.2 Å². The summed E-state index contributed by atoms with van der Waals surface area (Å²) in [5, 5.41) is 2.79. The molecule has 1 aliphatic carbocycles. The summed E-state index contributed by atoms with van der Waals surface area (Å²) in [7, 11) is 0. The molecule has 1 aromatic heterocycles. The number of alkyl halides is 3. The molecule has 1 fully saturated rings. The molecule has 0 radical (unpaired) electrons. The number of rotatable bonds is 2. The number of pyridine rings is 1.